The monoisotopic (exact) mass is 390 g/mol. The number of sulfonamides is 1. The molecule has 1 amide bonds. The van der Waals surface area contributed by atoms with E-state index in [4.69, 9.17) is 4.74 Å². The van der Waals surface area contributed by atoms with Crippen LogP contribution in [0.25, 0.3) is 0 Å². The van der Waals surface area contributed by atoms with E-state index < -0.39 is 10.0 Å². The second kappa shape index (κ2) is 8.90. The lowest BCUT2D eigenvalue weighted by Crippen LogP contribution is -2.36. The third-order valence-corrected chi connectivity index (χ3v) is 5.58. The fourth-order valence-corrected chi connectivity index (χ4v) is 3.33. The summed E-state index contributed by atoms with van der Waals surface area (Å²) in [6.07, 6.45) is 0. The number of ether oxygens (including phenoxy) is 1. The average Bonchev–Trinajstić information content (AvgIpc) is 2.62. The van der Waals surface area contributed by atoms with E-state index in [2.05, 4.69) is 10.0 Å². The van der Waals surface area contributed by atoms with E-state index >= 15 is 0 Å². The smallest absolute Gasteiger partial charge is 0.261 e. The summed E-state index contributed by atoms with van der Waals surface area (Å²) in [6.45, 7) is 8.34. The van der Waals surface area contributed by atoms with Crippen molar-refractivity contribution in [3.05, 3.63) is 54.1 Å². The van der Waals surface area contributed by atoms with E-state index in [1.54, 1.807) is 30.3 Å². The third-order valence-electron chi connectivity index (χ3n) is 4.18. The molecule has 1 atom stereocenters. The Morgan fingerprint density at radius 2 is 1.74 bits per heavy atom. The molecule has 0 radical (unpaired) electrons. The summed E-state index contributed by atoms with van der Waals surface area (Å²) in [5, 5.41) is 2.91. The highest BCUT2D eigenvalue weighted by Gasteiger charge is 2.16. The molecule has 0 fully saturated rings. The Bertz CT molecular complexity index is 877. The predicted molar refractivity (Wildman–Crippen MR) is 107 cm³/mol. The molecule has 0 aliphatic carbocycles. The highest BCUT2D eigenvalue weighted by atomic mass is 32.2. The maximum absolute atomic E-state index is 12.6. The van der Waals surface area contributed by atoms with Gasteiger partial charge in [0.25, 0.3) is 15.9 Å². The maximum atomic E-state index is 12.6. The molecule has 0 aliphatic heterocycles. The molecule has 0 aromatic heterocycles. The first kappa shape index (κ1) is 20.8. The summed E-state index contributed by atoms with van der Waals surface area (Å²) in [5.74, 6) is 0.669. The van der Waals surface area contributed by atoms with Crippen molar-refractivity contribution in [3.63, 3.8) is 0 Å². The van der Waals surface area contributed by atoms with Gasteiger partial charge >= 0.3 is 0 Å². The van der Waals surface area contributed by atoms with E-state index in [9.17, 15) is 13.2 Å². The summed E-state index contributed by atoms with van der Waals surface area (Å²) >= 11 is 0. The molecule has 2 N–H and O–H groups in total. The molecule has 2 rings (SSSR count). The van der Waals surface area contributed by atoms with E-state index in [-0.39, 0.29) is 16.8 Å². The number of benzene rings is 2. The Balaban J connectivity index is 2.15. The summed E-state index contributed by atoms with van der Waals surface area (Å²) in [5.41, 5.74) is 0.725. The van der Waals surface area contributed by atoms with Crippen LogP contribution in [0.5, 0.6) is 5.75 Å². The zero-order valence-corrected chi connectivity index (χ0v) is 16.8. The summed E-state index contributed by atoms with van der Waals surface area (Å²) in [4.78, 5) is 12.5. The molecule has 0 saturated heterocycles. The van der Waals surface area contributed by atoms with Crippen LogP contribution in [-0.4, -0.2) is 27.0 Å². The van der Waals surface area contributed by atoms with Crippen LogP contribution < -0.4 is 14.8 Å². The van der Waals surface area contributed by atoms with Crippen molar-refractivity contribution in [2.75, 3.05) is 11.3 Å². The van der Waals surface area contributed by atoms with Crippen molar-refractivity contribution >= 4 is 21.6 Å². The molecule has 0 heterocycles. The molecular formula is C20H26N2O4S. The minimum atomic E-state index is -3.76. The lowest BCUT2D eigenvalue weighted by molar-refractivity contribution is 0.0930. The Morgan fingerprint density at radius 1 is 1.07 bits per heavy atom. The minimum absolute atomic E-state index is 0.0155. The highest BCUT2D eigenvalue weighted by Crippen LogP contribution is 2.20. The van der Waals surface area contributed by atoms with Crippen LogP contribution in [0, 0.1) is 5.92 Å². The van der Waals surface area contributed by atoms with Crippen molar-refractivity contribution in [3.8, 4) is 5.75 Å². The predicted octanol–water partition coefficient (Wildman–Crippen LogP) is 3.66. The Labute approximate surface area is 161 Å². The molecule has 0 bridgehead atoms. The van der Waals surface area contributed by atoms with E-state index in [0.29, 0.717) is 29.5 Å². The molecule has 0 aliphatic rings. The van der Waals surface area contributed by atoms with Gasteiger partial charge in [-0.1, -0.05) is 19.9 Å². The van der Waals surface area contributed by atoms with E-state index in [0.717, 1.165) is 0 Å². The van der Waals surface area contributed by atoms with Gasteiger partial charge < -0.3 is 10.1 Å². The van der Waals surface area contributed by atoms with Gasteiger partial charge in [0.1, 0.15) is 5.75 Å². The first-order valence-corrected chi connectivity index (χ1v) is 10.4. The topological polar surface area (TPSA) is 84.5 Å². The lowest BCUT2D eigenvalue weighted by Gasteiger charge is -2.17. The lowest BCUT2D eigenvalue weighted by atomic mass is 10.1. The third kappa shape index (κ3) is 5.72. The van der Waals surface area contributed by atoms with Crippen molar-refractivity contribution in [2.45, 2.75) is 38.6 Å². The Kier molecular flexibility index (Phi) is 6.85. The second-order valence-electron chi connectivity index (χ2n) is 6.60. The summed E-state index contributed by atoms with van der Waals surface area (Å²) < 4.78 is 33.0. The molecule has 2 aromatic carbocycles. The van der Waals surface area contributed by atoms with Crippen LogP contribution in [-0.2, 0) is 10.0 Å². The van der Waals surface area contributed by atoms with Gasteiger partial charge in [-0.3, -0.25) is 9.52 Å². The number of amides is 1. The molecular weight excluding hydrogens is 364 g/mol. The van der Waals surface area contributed by atoms with Crippen LogP contribution in [0.3, 0.4) is 0 Å². The standard InChI is InChI=1S/C20H26N2O4S/c1-5-26-18-9-11-19(12-10-18)27(24,25)22-17-8-6-7-16(13-17)20(23)21-15(4)14(2)3/h6-15,22H,5H2,1-4H3,(H,21,23). The van der Waals surface area contributed by atoms with Gasteiger partial charge in [-0.05, 0) is 62.2 Å². The molecule has 1 unspecified atom stereocenters. The quantitative estimate of drug-likeness (QED) is 0.720. The Morgan fingerprint density at radius 3 is 2.33 bits per heavy atom. The maximum Gasteiger partial charge on any atom is 0.261 e. The van der Waals surface area contributed by atoms with Crippen LogP contribution in [0.15, 0.2) is 53.4 Å². The van der Waals surface area contributed by atoms with Gasteiger partial charge in [-0.25, -0.2) is 8.42 Å². The zero-order valence-electron chi connectivity index (χ0n) is 16.0. The van der Waals surface area contributed by atoms with Gasteiger partial charge in [0.05, 0.1) is 11.5 Å². The minimum Gasteiger partial charge on any atom is -0.494 e. The summed E-state index contributed by atoms with van der Waals surface area (Å²) in [7, 11) is -3.76. The molecule has 0 saturated carbocycles. The van der Waals surface area contributed by atoms with Crippen molar-refractivity contribution in [2.24, 2.45) is 5.92 Å². The molecule has 6 nitrogen and oxygen atoms in total. The first-order valence-electron chi connectivity index (χ1n) is 8.89. The van der Waals surface area contributed by atoms with E-state index in [1.165, 1.54) is 18.2 Å². The fraction of sp³-hybridized carbons (Fsp3) is 0.350. The SMILES string of the molecule is CCOc1ccc(S(=O)(=O)Nc2cccc(C(=O)NC(C)C(C)C)c2)cc1. The van der Waals surface area contributed by atoms with Gasteiger partial charge in [-0.15, -0.1) is 0 Å². The number of hydrogen-bond acceptors (Lipinski definition) is 4. The van der Waals surface area contributed by atoms with Gasteiger partial charge in [0.15, 0.2) is 0 Å². The van der Waals surface area contributed by atoms with Gasteiger partial charge in [-0.2, -0.15) is 0 Å². The normalized spacial score (nSPS) is 12.5. The molecule has 27 heavy (non-hydrogen) atoms. The Hall–Kier alpha value is -2.54. The molecule has 7 heteroatoms. The van der Waals surface area contributed by atoms with E-state index in [1.807, 2.05) is 27.7 Å². The van der Waals surface area contributed by atoms with Gasteiger partial charge in [0.2, 0.25) is 0 Å². The number of anilines is 1. The number of carbonyl (C=O) groups is 1. The molecule has 2 aromatic rings. The number of rotatable bonds is 8. The van der Waals surface area contributed by atoms with Crippen LogP contribution in [0.4, 0.5) is 5.69 Å². The van der Waals surface area contributed by atoms with Gasteiger partial charge in [0, 0.05) is 17.3 Å². The number of hydrogen-bond donors (Lipinski definition) is 2. The number of nitrogens with one attached hydrogen (secondary N) is 2. The van der Waals surface area contributed by atoms with Crippen LogP contribution in [0.1, 0.15) is 38.1 Å². The highest BCUT2D eigenvalue weighted by molar-refractivity contribution is 7.92. The zero-order chi connectivity index (χ0) is 20.0. The molecule has 0 spiro atoms. The van der Waals surface area contributed by atoms with Crippen molar-refractivity contribution in [1.82, 2.24) is 5.32 Å². The van der Waals surface area contributed by atoms with Crippen molar-refractivity contribution < 1.29 is 17.9 Å². The fourth-order valence-electron chi connectivity index (χ4n) is 2.28. The van der Waals surface area contributed by atoms with Crippen molar-refractivity contribution in [1.29, 1.82) is 0 Å². The van der Waals surface area contributed by atoms with Crippen LogP contribution >= 0.6 is 0 Å². The average molecular weight is 391 g/mol. The van der Waals surface area contributed by atoms with Crippen LogP contribution in [0.2, 0.25) is 0 Å². The second-order valence-corrected chi connectivity index (χ2v) is 8.28. The molecule has 146 valence electrons. The largest absolute Gasteiger partial charge is 0.494 e. The summed E-state index contributed by atoms with van der Waals surface area (Å²) in [6, 6.07) is 12.6. The first-order chi connectivity index (χ1) is 12.7. The number of carbonyl (C=O) groups excluding carboxylic acids is 1.